The van der Waals surface area contributed by atoms with Crippen molar-refractivity contribution in [2.45, 2.75) is 45.6 Å². The summed E-state index contributed by atoms with van der Waals surface area (Å²) < 4.78 is 17.3. The van der Waals surface area contributed by atoms with Gasteiger partial charge >= 0.3 is 11.7 Å². The molecule has 10 nitrogen and oxygen atoms in total. The van der Waals surface area contributed by atoms with Gasteiger partial charge in [-0.1, -0.05) is 0 Å². The van der Waals surface area contributed by atoms with Crippen molar-refractivity contribution in [3.05, 3.63) is 22.7 Å². The summed E-state index contributed by atoms with van der Waals surface area (Å²) >= 11 is 0. The lowest BCUT2D eigenvalue weighted by Gasteiger charge is -2.21. The highest BCUT2D eigenvalue weighted by Gasteiger charge is 2.39. The van der Waals surface area contributed by atoms with Crippen LogP contribution in [0.15, 0.2) is 17.1 Å². The van der Waals surface area contributed by atoms with Gasteiger partial charge in [-0.15, -0.1) is 0 Å². The number of hydrogen-bond donors (Lipinski definition) is 2. The van der Waals surface area contributed by atoms with Gasteiger partial charge in [-0.2, -0.15) is 4.98 Å². The molecule has 0 aromatic carbocycles. The van der Waals surface area contributed by atoms with Gasteiger partial charge in [0, 0.05) is 33.4 Å². The Bertz CT molecular complexity index is 731. The molecule has 0 saturated carbocycles. The molecule has 1 saturated heterocycles. The molecule has 2 N–H and O–H groups in total. The molecule has 10 heteroatoms. The highest BCUT2D eigenvalue weighted by Crippen LogP contribution is 2.30. The number of nitrogens with one attached hydrogen (secondary N) is 2. The molecule has 1 aliphatic rings. The number of ether oxygens (including phenoxy) is 3. The van der Waals surface area contributed by atoms with E-state index in [1.165, 1.54) is 37.6 Å². The first-order chi connectivity index (χ1) is 11.8. The largest absolute Gasteiger partial charge is 0.473 e. The molecule has 1 aliphatic heterocycles. The second-order valence-corrected chi connectivity index (χ2v) is 5.58. The molecule has 0 spiro atoms. The fourth-order valence-electron chi connectivity index (χ4n) is 2.47. The van der Waals surface area contributed by atoms with Crippen LogP contribution in [0.3, 0.4) is 0 Å². The van der Waals surface area contributed by atoms with Gasteiger partial charge in [-0.05, 0) is 6.07 Å². The molecule has 0 bridgehead atoms. The quantitative estimate of drug-likeness (QED) is 0.446. The first-order valence-electron chi connectivity index (χ1n) is 7.63. The monoisotopic (exact) mass is 352 g/mol. The van der Waals surface area contributed by atoms with Crippen LogP contribution in [0.2, 0.25) is 0 Å². The van der Waals surface area contributed by atoms with Gasteiger partial charge in [0.2, 0.25) is 5.91 Å². The fourth-order valence-corrected chi connectivity index (χ4v) is 2.47. The Morgan fingerprint density at radius 2 is 2.16 bits per heavy atom. The first kappa shape index (κ1) is 18.6. The third kappa shape index (κ3) is 5.11. The summed E-state index contributed by atoms with van der Waals surface area (Å²) in [6.45, 7) is 4.09. The molecule has 1 fully saturated rings. The van der Waals surface area contributed by atoms with Crippen LogP contribution in [0, 0.1) is 5.41 Å². The summed E-state index contributed by atoms with van der Waals surface area (Å²) in [5, 5.41) is 9.92. The number of nitrogens with zero attached hydrogens (tertiary/aromatic N) is 2. The zero-order valence-corrected chi connectivity index (χ0v) is 14.1. The minimum atomic E-state index is -0.827. The zero-order valence-electron chi connectivity index (χ0n) is 14.1. The predicted octanol–water partition coefficient (Wildman–Crippen LogP) is 0.435. The lowest BCUT2D eigenvalue weighted by molar-refractivity contribution is -0.146. The third-order valence-corrected chi connectivity index (χ3v) is 3.35. The van der Waals surface area contributed by atoms with Crippen molar-refractivity contribution in [3.63, 3.8) is 0 Å². The van der Waals surface area contributed by atoms with Crippen LogP contribution in [-0.2, 0) is 23.8 Å². The first-order valence-corrected chi connectivity index (χ1v) is 7.63. The average molecular weight is 352 g/mol. The van der Waals surface area contributed by atoms with E-state index in [4.69, 9.17) is 19.6 Å². The van der Waals surface area contributed by atoms with E-state index in [0.29, 0.717) is 6.42 Å². The van der Waals surface area contributed by atoms with Crippen molar-refractivity contribution >= 4 is 23.6 Å². The summed E-state index contributed by atoms with van der Waals surface area (Å²) in [6.07, 6.45) is -0.139. The number of carbonyl (C=O) groups is 2. The second kappa shape index (κ2) is 7.88. The third-order valence-electron chi connectivity index (χ3n) is 3.35. The van der Waals surface area contributed by atoms with Crippen molar-refractivity contribution < 1.29 is 23.8 Å². The molecule has 2 rings (SSSR count). The minimum Gasteiger partial charge on any atom is -0.473 e. The SMILES string of the molecule is CC(=N)O[C@@H]1C[C@@H](COC(C)=O)O[C@H]1n1ccc(NC(C)=O)nc1=O. The Morgan fingerprint density at radius 1 is 1.44 bits per heavy atom. The number of hydrogen-bond acceptors (Lipinski definition) is 8. The Kier molecular flexibility index (Phi) is 5.86. The van der Waals surface area contributed by atoms with Gasteiger partial charge in [0.05, 0.1) is 6.10 Å². The van der Waals surface area contributed by atoms with Gasteiger partial charge in [0.1, 0.15) is 18.5 Å². The van der Waals surface area contributed by atoms with Crippen LogP contribution in [-0.4, -0.2) is 46.1 Å². The number of aromatic nitrogens is 2. The van der Waals surface area contributed by atoms with Crippen molar-refractivity contribution in [1.82, 2.24) is 9.55 Å². The Morgan fingerprint density at radius 3 is 2.72 bits per heavy atom. The van der Waals surface area contributed by atoms with E-state index in [9.17, 15) is 14.4 Å². The maximum atomic E-state index is 12.2. The van der Waals surface area contributed by atoms with E-state index in [1.54, 1.807) is 0 Å². The Hall–Kier alpha value is -2.75. The molecule has 25 heavy (non-hydrogen) atoms. The smallest absolute Gasteiger partial charge is 0.351 e. The van der Waals surface area contributed by atoms with E-state index in [-0.39, 0.29) is 24.2 Å². The van der Waals surface area contributed by atoms with E-state index in [0.717, 1.165) is 0 Å². The molecule has 0 aliphatic carbocycles. The normalized spacial score (nSPS) is 22.3. The van der Waals surface area contributed by atoms with Crippen LogP contribution in [0.4, 0.5) is 5.82 Å². The summed E-state index contributed by atoms with van der Waals surface area (Å²) in [5.41, 5.74) is -0.638. The molecule has 3 atom stereocenters. The number of carbonyl (C=O) groups excluding carboxylic acids is 2. The van der Waals surface area contributed by atoms with Crippen molar-refractivity contribution in [3.8, 4) is 0 Å². The lowest BCUT2D eigenvalue weighted by Crippen LogP contribution is -2.33. The highest BCUT2D eigenvalue weighted by atomic mass is 16.6. The lowest BCUT2D eigenvalue weighted by atomic mass is 10.2. The predicted molar refractivity (Wildman–Crippen MR) is 86.2 cm³/mol. The van der Waals surface area contributed by atoms with Gasteiger partial charge in [0.15, 0.2) is 12.1 Å². The van der Waals surface area contributed by atoms with E-state index in [1.807, 2.05) is 0 Å². The standard InChI is InChI=1S/C15H20N4O6/c1-8(16)24-12-6-11(7-23-10(3)21)25-14(12)19-5-4-13(17-9(2)20)18-15(19)22/h4-5,11-12,14,16H,6-7H2,1-3H3,(H,17,18,20,22)/t11-,12+,14+/m0/s1. The molecule has 0 radical (unpaired) electrons. The van der Waals surface area contributed by atoms with E-state index < -0.39 is 30.1 Å². The molecule has 136 valence electrons. The Balaban J connectivity index is 2.21. The minimum absolute atomic E-state index is 0.0227. The molecule has 0 unspecified atom stereocenters. The summed E-state index contributed by atoms with van der Waals surface area (Å²) in [6, 6.07) is 1.46. The van der Waals surface area contributed by atoms with Gasteiger partial charge in [-0.3, -0.25) is 19.6 Å². The van der Waals surface area contributed by atoms with Gasteiger partial charge in [0.25, 0.3) is 0 Å². The fraction of sp³-hybridized carbons (Fsp3) is 0.533. The summed E-state index contributed by atoms with van der Waals surface area (Å²) in [7, 11) is 0. The number of amides is 1. The zero-order chi connectivity index (χ0) is 18.6. The Labute approximate surface area is 143 Å². The average Bonchev–Trinajstić information content (AvgIpc) is 2.86. The van der Waals surface area contributed by atoms with Crippen LogP contribution < -0.4 is 11.0 Å². The highest BCUT2D eigenvalue weighted by molar-refractivity contribution is 5.87. The van der Waals surface area contributed by atoms with Crippen LogP contribution in [0.25, 0.3) is 0 Å². The van der Waals surface area contributed by atoms with Crippen LogP contribution in [0.5, 0.6) is 0 Å². The molecule has 1 amide bonds. The molecular weight excluding hydrogens is 332 g/mol. The van der Waals surface area contributed by atoms with Gasteiger partial charge < -0.3 is 19.5 Å². The van der Waals surface area contributed by atoms with Gasteiger partial charge in [-0.25, -0.2) is 4.79 Å². The molecular formula is C15H20N4O6. The number of rotatable bonds is 5. The number of anilines is 1. The molecule has 1 aromatic heterocycles. The van der Waals surface area contributed by atoms with Crippen molar-refractivity contribution in [2.24, 2.45) is 0 Å². The van der Waals surface area contributed by atoms with E-state index >= 15 is 0 Å². The van der Waals surface area contributed by atoms with Crippen molar-refractivity contribution in [1.29, 1.82) is 5.41 Å². The topological polar surface area (TPSA) is 133 Å². The summed E-state index contributed by atoms with van der Waals surface area (Å²) in [5.74, 6) is -0.679. The maximum absolute atomic E-state index is 12.2. The van der Waals surface area contributed by atoms with Crippen LogP contribution >= 0.6 is 0 Å². The number of esters is 1. The van der Waals surface area contributed by atoms with Crippen molar-refractivity contribution in [2.75, 3.05) is 11.9 Å². The molecule has 2 heterocycles. The maximum Gasteiger partial charge on any atom is 0.351 e. The van der Waals surface area contributed by atoms with E-state index in [2.05, 4.69) is 10.3 Å². The summed E-state index contributed by atoms with van der Waals surface area (Å²) in [4.78, 5) is 38.0. The second-order valence-electron chi connectivity index (χ2n) is 5.58. The van der Waals surface area contributed by atoms with Crippen LogP contribution in [0.1, 0.15) is 33.4 Å². The molecule has 1 aromatic rings.